The van der Waals surface area contributed by atoms with Crippen LogP contribution in [-0.2, 0) is 50.3 Å². The van der Waals surface area contributed by atoms with Crippen LogP contribution in [0.25, 0.3) is 20.5 Å². The van der Waals surface area contributed by atoms with E-state index in [9.17, 15) is 61.8 Å². The molecule has 7 amide bonds. The van der Waals surface area contributed by atoms with Gasteiger partial charge in [-0.1, -0.05) is 94.2 Å². The average molecular weight is 1290 g/mol. The molecule has 2 aliphatic rings. The molecule has 0 saturated carbocycles. The fourth-order valence-electron chi connectivity index (χ4n) is 10.0. The molecule has 3 aromatic carbocycles. The van der Waals surface area contributed by atoms with E-state index in [2.05, 4.69) is 42.2 Å². The van der Waals surface area contributed by atoms with Crippen molar-refractivity contribution in [1.82, 2.24) is 36.1 Å². The molecule has 4 heterocycles. The number of carbonyl (C=O) groups excluding carboxylic acids is 7. The molecule has 0 radical (unpaired) electrons. The normalized spacial score (nSPS) is 18.3. The number of nitrogens with one attached hydrogen (secondary N) is 4. The number of carbonyl (C=O) groups is 7. The number of unbranched alkanes of at least 4 members (excludes halogenated alkanes) is 2. The molecule has 454 valence electrons. The number of β-amino-alcohol motifs (C(OH)–C–C–N with tert-alkyl or cyclic N) is 1. The number of halogens is 3. The molecule has 0 aliphatic carbocycles. The molecule has 2 aromatic heterocycles. The topological polar surface area (TPSA) is 277 Å². The molecule has 2 saturated heterocycles. The number of rotatable bonds is 22. The lowest BCUT2D eigenvalue weighted by molar-refractivity contribution is -0.144. The van der Waals surface area contributed by atoms with Gasteiger partial charge in [0.25, 0.3) is 5.91 Å². The molecule has 2 fully saturated rings. The number of thiazole rings is 1. The van der Waals surface area contributed by atoms with Crippen molar-refractivity contribution in [2.24, 2.45) is 10.8 Å². The third kappa shape index (κ3) is 16.1. The minimum absolute atomic E-state index is 0.00587. The van der Waals surface area contributed by atoms with Gasteiger partial charge in [0.05, 0.1) is 33.2 Å². The van der Waals surface area contributed by atoms with E-state index in [1.54, 1.807) is 68.9 Å². The first-order valence-electron chi connectivity index (χ1n) is 27.4. The number of likely N-dealkylation sites (tertiary alicyclic amines) is 2. The summed E-state index contributed by atoms with van der Waals surface area (Å²) in [5, 5.41) is 22.1. The van der Waals surface area contributed by atoms with Crippen molar-refractivity contribution >= 4 is 103 Å². The van der Waals surface area contributed by atoms with Crippen LogP contribution in [0.4, 0.5) is 14.5 Å². The second-order valence-corrected chi connectivity index (χ2v) is 27.9. The van der Waals surface area contributed by atoms with Crippen molar-refractivity contribution in [2.45, 2.75) is 136 Å². The fraction of sp³-hybridized carbons (Fsp3) is 0.483. The number of likely N-dealkylation sites (N-methyl/N-ethyl adjacent to an activating group) is 1. The van der Waals surface area contributed by atoms with Crippen molar-refractivity contribution in [3.05, 3.63) is 104 Å². The second-order valence-electron chi connectivity index (χ2n) is 23.4. The number of fused-ring (bicyclic) bond motifs is 1. The highest BCUT2D eigenvalue weighted by molar-refractivity contribution is 9.10. The molecule has 20 nitrogen and oxygen atoms in total. The maximum atomic E-state index is 14.8. The van der Waals surface area contributed by atoms with Crippen molar-refractivity contribution < 1.29 is 66.5 Å². The quantitative estimate of drug-likeness (QED) is 0.0260. The summed E-state index contributed by atoms with van der Waals surface area (Å²) in [6.07, 6.45) is -0.102. The number of amides is 7. The van der Waals surface area contributed by atoms with Crippen LogP contribution in [0.5, 0.6) is 0 Å². The van der Waals surface area contributed by atoms with Crippen molar-refractivity contribution in [2.75, 3.05) is 38.2 Å². The number of benzene rings is 3. The molecule has 0 spiro atoms. The number of hydrogen-bond acceptors (Lipinski definition) is 13. The molecule has 7 rings (SSSR count). The van der Waals surface area contributed by atoms with E-state index in [1.807, 2.05) is 52.0 Å². The lowest BCUT2D eigenvalue weighted by Crippen LogP contribution is -2.57. The zero-order chi connectivity index (χ0) is 61.6. The van der Waals surface area contributed by atoms with E-state index >= 15 is 0 Å². The Bertz CT molecular complexity index is 3270. The Balaban J connectivity index is 0.900. The molecular weight excluding hydrogens is 1210 g/mol. The van der Waals surface area contributed by atoms with Gasteiger partial charge in [0.1, 0.15) is 30.8 Å². The Morgan fingerprint density at radius 3 is 2.08 bits per heavy atom. The minimum atomic E-state index is -5.87. The Morgan fingerprint density at radius 1 is 0.821 bits per heavy atom. The predicted octanol–water partition coefficient (Wildman–Crippen LogP) is 7.60. The number of thiophene rings is 1. The van der Waals surface area contributed by atoms with Gasteiger partial charge in [-0.25, -0.2) is 4.98 Å². The van der Waals surface area contributed by atoms with Crippen molar-refractivity contribution in [3.63, 3.8) is 0 Å². The highest BCUT2D eigenvalue weighted by Gasteiger charge is 2.51. The summed E-state index contributed by atoms with van der Waals surface area (Å²) in [6, 6.07) is 14.7. The lowest BCUT2D eigenvalue weighted by Gasteiger charge is -2.36. The standard InChI is InChI=1S/C58H72BrF2N8O12PS2/c1-33-48(83-32-64-33)35-15-13-34(14-16-35)28-63-51(73)42-26-40(70)29-68(42)54(76)49(56(2,3)4)65-46(71)12-10-9-11-23-62-47(72)31-81-41-27-43(53(75)67(8)39-20-18-38(59)19-21-39)69(30-41)55(77)50(57(5,6)7)66-52(74)45-25-36-24-37(17-22-44(36)84-45)58(60,61)82(78,79)80/h13-22,24-25,32,40-43,49-50,70H,9-12,23,26-31H2,1-8H3,(H,62,72)(H,63,73)(H,65,71)(H,66,74)(H2,78,79,80)/t40-,41-,42+,43+,49?,50?/m1/s1. The smallest absolute Gasteiger partial charge is 0.391 e. The maximum Gasteiger partial charge on any atom is 0.399 e. The van der Waals surface area contributed by atoms with E-state index in [0.29, 0.717) is 29.6 Å². The number of nitrogens with zero attached hydrogens (tertiary/aromatic N) is 4. The summed E-state index contributed by atoms with van der Waals surface area (Å²) in [4.78, 5) is 125. The van der Waals surface area contributed by atoms with Crippen LogP contribution < -0.4 is 26.2 Å². The van der Waals surface area contributed by atoms with Crippen LogP contribution >= 0.6 is 46.2 Å². The molecule has 0 bridgehead atoms. The summed E-state index contributed by atoms with van der Waals surface area (Å²) in [7, 11) is -4.31. The van der Waals surface area contributed by atoms with Gasteiger partial charge in [0.15, 0.2) is 0 Å². The Labute approximate surface area is 502 Å². The molecule has 2 aliphatic heterocycles. The molecule has 5 aromatic rings. The van der Waals surface area contributed by atoms with Crippen LogP contribution in [0.1, 0.15) is 107 Å². The Hall–Kier alpha value is -6.05. The van der Waals surface area contributed by atoms with Crippen molar-refractivity contribution in [1.29, 1.82) is 0 Å². The third-order valence-corrected chi connectivity index (χ3v) is 18.4. The number of aromatic nitrogens is 1. The molecule has 26 heteroatoms. The average Bonchev–Trinajstić information content (AvgIpc) is 4.25. The summed E-state index contributed by atoms with van der Waals surface area (Å²) in [6.45, 7) is 12.4. The van der Waals surface area contributed by atoms with Crippen LogP contribution in [0.3, 0.4) is 0 Å². The first-order chi connectivity index (χ1) is 39.3. The first-order valence-corrected chi connectivity index (χ1v) is 31.5. The number of anilines is 1. The van der Waals surface area contributed by atoms with Gasteiger partial charge < -0.3 is 55.6 Å². The van der Waals surface area contributed by atoms with Gasteiger partial charge in [0, 0.05) is 72.9 Å². The number of hydrogen-bond donors (Lipinski definition) is 7. The monoisotopic (exact) mass is 1280 g/mol. The van der Waals surface area contributed by atoms with Gasteiger partial charge in [-0.15, -0.1) is 22.7 Å². The highest BCUT2D eigenvalue weighted by Crippen LogP contribution is 2.59. The Morgan fingerprint density at radius 2 is 1.46 bits per heavy atom. The first kappa shape index (κ1) is 65.5. The van der Waals surface area contributed by atoms with Crippen LogP contribution in [0.2, 0.25) is 0 Å². The zero-order valence-electron chi connectivity index (χ0n) is 48.0. The van der Waals surface area contributed by atoms with Crippen molar-refractivity contribution in [3.8, 4) is 10.4 Å². The summed E-state index contributed by atoms with van der Waals surface area (Å²) < 4.78 is 47.9. The van der Waals surface area contributed by atoms with E-state index in [-0.39, 0.29) is 61.6 Å². The highest BCUT2D eigenvalue weighted by atomic mass is 79.9. The minimum Gasteiger partial charge on any atom is -0.391 e. The number of alkyl halides is 2. The number of aliphatic hydroxyl groups excluding tert-OH is 1. The summed E-state index contributed by atoms with van der Waals surface area (Å²) >= 11 is 5.87. The summed E-state index contributed by atoms with van der Waals surface area (Å²) in [5.41, 5.74) is -1.97. The number of aryl methyl sites for hydroxylation is 1. The summed E-state index contributed by atoms with van der Waals surface area (Å²) in [5.74, 6) is -3.53. The molecule has 6 atom stereocenters. The Kier molecular flexibility index (Phi) is 21.1. The van der Waals surface area contributed by atoms with E-state index in [0.717, 1.165) is 49.6 Å². The maximum absolute atomic E-state index is 14.8. The van der Waals surface area contributed by atoms with E-state index in [4.69, 9.17) is 4.74 Å². The van der Waals surface area contributed by atoms with Gasteiger partial charge >= 0.3 is 13.3 Å². The SMILES string of the molecule is Cc1ncsc1-c1ccc(CNC(=O)[C@@H]2C[C@@H](O)CN2C(=O)C(NC(=O)CCCCCNC(=O)CO[C@@H]2C[C@@H](C(=O)N(C)c3ccc(Br)cc3)N(C(=O)C(NC(=O)c3cc4cc(C(F)(F)P(=O)(O)O)ccc4s3)C(C)(C)C)C2)C(C)(C)C)cc1. The number of ether oxygens (including phenoxy) is 1. The van der Waals surface area contributed by atoms with Crippen LogP contribution in [0, 0.1) is 17.8 Å². The molecule has 7 N–H and O–H groups in total. The molecule has 84 heavy (non-hydrogen) atoms. The largest absolute Gasteiger partial charge is 0.399 e. The van der Waals surface area contributed by atoms with E-state index in [1.165, 1.54) is 26.8 Å². The van der Waals surface area contributed by atoms with Gasteiger partial charge in [-0.2, -0.15) is 8.78 Å². The molecular formula is C58H72BrF2N8O12PS2. The fourth-order valence-corrected chi connectivity index (χ4v) is 12.5. The second kappa shape index (κ2) is 27.1. The number of aliphatic hydroxyl groups is 1. The zero-order valence-corrected chi connectivity index (χ0v) is 52.1. The lowest BCUT2D eigenvalue weighted by atomic mass is 9.85. The van der Waals surface area contributed by atoms with Crippen LogP contribution in [-0.4, -0.2) is 141 Å². The van der Waals surface area contributed by atoms with Gasteiger partial charge in [-0.05, 0) is 89.6 Å². The van der Waals surface area contributed by atoms with Gasteiger partial charge in [0.2, 0.25) is 35.4 Å². The predicted molar refractivity (Wildman–Crippen MR) is 319 cm³/mol. The molecule has 2 unspecified atom stereocenters. The van der Waals surface area contributed by atoms with Crippen LogP contribution in [0.15, 0.2) is 82.8 Å². The third-order valence-electron chi connectivity index (χ3n) is 14.8. The van der Waals surface area contributed by atoms with Gasteiger partial charge in [-0.3, -0.25) is 38.1 Å². The van der Waals surface area contributed by atoms with E-state index < -0.39 is 108 Å².